The van der Waals surface area contributed by atoms with Crippen molar-refractivity contribution < 1.29 is 14.3 Å². The summed E-state index contributed by atoms with van der Waals surface area (Å²) in [4.78, 5) is 12.5. The fourth-order valence-corrected chi connectivity index (χ4v) is 5.60. The normalized spacial score (nSPS) is 35.6. The summed E-state index contributed by atoms with van der Waals surface area (Å²) < 4.78 is 11.1. The van der Waals surface area contributed by atoms with Gasteiger partial charge in [-0.15, -0.1) is 0 Å². The highest BCUT2D eigenvalue weighted by Gasteiger charge is 2.48. The Morgan fingerprint density at radius 1 is 0.917 bits per heavy atom. The largest absolute Gasteiger partial charge is 0.486 e. The maximum Gasteiger partial charge on any atom is 0.319 e. The van der Waals surface area contributed by atoms with Crippen LogP contribution in [0.2, 0.25) is 0 Å². The summed E-state index contributed by atoms with van der Waals surface area (Å²) in [6, 6.07) is 5.82. The summed E-state index contributed by atoms with van der Waals surface area (Å²) in [5.74, 6) is 4.67. The van der Waals surface area contributed by atoms with Gasteiger partial charge < -0.3 is 20.1 Å². The van der Waals surface area contributed by atoms with E-state index >= 15 is 0 Å². The highest BCUT2D eigenvalue weighted by Crippen LogP contribution is 2.53. The molecule has 128 valence electrons. The molecule has 5 heteroatoms. The number of carbonyl (C=O) groups excluding carboxylic acids is 1. The van der Waals surface area contributed by atoms with Gasteiger partial charge in [0.2, 0.25) is 0 Å². The second-order valence-electron chi connectivity index (χ2n) is 7.91. The van der Waals surface area contributed by atoms with E-state index in [0.29, 0.717) is 36.8 Å². The molecule has 0 radical (unpaired) electrons. The van der Waals surface area contributed by atoms with Gasteiger partial charge in [0.25, 0.3) is 0 Å². The summed E-state index contributed by atoms with van der Waals surface area (Å²) in [5.41, 5.74) is 0.751. The number of benzene rings is 1. The molecular formula is C19H24N2O3. The molecule has 1 heterocycles. The first-order chi connectivity index (χ1) is 11.7. The molecule has 0 unspecified atom stereocenters. The lowest BCUT2D eigenvalue weighted by molar-refractivity contribution is -0.00883. The fraction of sp³-hybridized carbons (Fsp3) is 0.632. The van der Waals surface area contributed by atoms with E-state index in [-0.39, 0.29) is 6.03 Å². The molecule has 0 spiro atoms. The molecule has 5 aliphatic rings. The van der Waals surface area contributed by atoms with Crippen LogP contribution >= 0.6 is 0 Å². The first kappa shape index (κ1) is 14.4. The van der Waals surface area contributed by atoms with Crippen LogP contribution < -0.4 is 20.1 Å². The number of fused-ring (bicyclic) bond motifs is 1. The van der Waals surface area contributed by atoms with Crippen LogP contribution in [0.25, 0.3) is 0 Å². The number of hydrogen-bond donors (Lipinski definition) is 2. The van der Waals surface area contributed by atoms with Gasteiger partial charge in [-0.2, -0.15) is 0 Å². The van der Waals surface area contributed by atoms with Crippen molar-refractivity contribution in [1.29, 1.82) is 0 Å². The molecule has 4 fully saturated rings. The minimum absolute atomic E-state index is 0.0934. The van der Waals surface area contributed by atoms with Gasteiger partial charge in [0.15, 0.2) is 11.5 Å². The van der Waals surface area contributed by atoms with E-state index in [1.165, 1.54) is 32.1 Å². The van der Waals surface area contributed by atoms with E-state index in [9.17, 15) is 4.79 Å². The molecule has 4 aliphatic carbocycles. The Bertz CT molecular complexity index is 632. The van der Waals surface area contributed by atoms with Gasteiger partial charge >= 0.3 is 6.03 Å². The average molecular weight is 328 g/mol. The van der Waals surface area contributed by atoms with Crippen LogP contribution in [0, 0.1) is 23.7 Å². The van der Waals surface area contributed by atoms with Crippen molar-refractivity contribution in [1.82, 2.24) is 5.32 Å². The molecule has 6 rings (SSSR count). The van der Waals surface area contributed by atoms with E-state index in [4.69, 9.17) is 9.47 Å². The maximum atomic E-state index is 12.5. The van der Waals surface area contributed by atoms with Crippen molar-refractivity contribution in [3.05, 3.63) is 18.2 Å². The predicted molar refractivity (Wildman–Crippen MR) is 90.4 cm³/mol. The molecule has 5 nitrogen and oxygen atoms in total. The molecule has 2 amide bonds. The summed E-state index contributed by atoms with van der Waals surface area (Å²) in [6.07, 6.45) is 6.66. The van der Waals surface area contributed by atoms with Gasteiger partial charge in [0.1, 0.15) is 13.2 Å². The Morgan fingerprint density at radius 3 is 2.29 bits per heavy atom. The van der Waals surface area contributed by atoms with Crippen LogP contribution in [0.15, 0.2) is 18.2 Å². The Hall–Kier alpha value is -1.91. The monoisotopic (exact) mass is 328 g/mol. The summed E-state index contributed by atoms with van der Waals surface area (Å²) in [5, 5.41) is 6.23. The number of amides is 2. The average Bonchev–Trinajstić information content (AvgIpc) is 2.57. The lowest BCUT2D eigenvalue weighted by Gasteiger charge is -2.54. The molecule has 0 saturated heterocycles. The van der Waals surface area contributed by atoms with Crippen molar-refractivity contribution in [2.45, 2.75) is 38.1 Å². The number of hydrogen-bond acceptors (Lipinski definition) is 3. The lowest BCUT2D eigenvalue weighted by Crippen LogP contribution is -2.56. The van der Waals surface area contributed by atoms with Crippen LogP contribution in [0.5, 0.6) is 11.5 Å². The molecule has 4 bridgehead atoms. The number of anilines is 1. The topological polar surface area (TPSA) is 59.6 Å². The third kappa shape index (κ3) is 2.50. The van der Waals surface area contributed by atoms with E-state index in [1.807, 2.05) is 18.2 Å². The van der Waals surface area contributed by atoms with Crippen LogP contribution in [-0.4, -0.2) is 25.3 Å². The molecule has 4 saturated carbocycles. The van der Waals surface area contributed by atoms with Crippen molar-refractivity contribution >= 4 is 11.7 Å². The minimum atomic E-state index is -0.0934. The number of nitrogens with one attached hydrogen (secondary N) is 2. The lowest BCUT2D eigenvalue weighted by atomic mass is 9.54. The van der Waals surface area contributed by atoms with Crippen molar-refractivity contribution in [2.75, 3.05) is 18.5 Å². The Morgan fingerprint density at radius 2 is 1.58 bits per heavy atom. The highest BCUT2D eigenvalue weighted by atomic mass is 16.6. The van der Waals surface area contributed by atoms with Crippen molar-refractivity contribution in [3.63, 3.8) is 0 Å². The number of urea groups is 1. The van der Waals surface area contributed by atoms with Gasteiger partial charge in [-0.1, -0.05) is 0 Å². The van der Waals surface area contributed by atoms with E-state index in [2.05, 4.69) is 10.6 Å². The molecular weight excluding hydrogens is 304 g/mol. The van der Waals surface area contributed by atoms with Gasteiger partial charge in [0, 0.05) is 17.8 Å². The highest BCUT2D eigenvalue weighted by molar-refractivity contribution is 5.90. The zero-order valence-electron chi connectivity index (χ0n) is 13.8. The Labute approximate surface area is 142 Å². The van der Waals surface area contributed by atoms with Crippen LogP contribution in [0.3, 0.4) is 0 Å². The van der Waals surface area contributed by atoms with E-state index in [0.717, 1.165) is 23.3 Å². The molecule has 0 atom stereocenters. The summed E-state index contributed by atoms with van der Waals surface area (Å²) in [7, 11) is 0. The molecule has 1 aliphatic heterocycles. The maximum absolute atomic E-state index is 12.5. The second kappa shape index (κ2) is 5.57. The van der Waals surface area contributed by atoms with Crippen molar-refractivity contribution in [2.24, 2.45) is 23.7 Å². The van der Waals surface area contributed by atoms with Crippen LogP contribution in [-0.2, 0) is 0 Å². The molecule has 2 N–H and O–H groups in total. The quantitative estimate of drug-likeness (QED) is 0.875. The first-order valence-electron chi connectivity index (χ1n) is 9.22. The summed E-state index contributed by atoms with van der Waals surface area (Å²) >= 11 is 0. The van der Waals surface area contributed by atoms with Gasteiger partial charge in [0.05, 0.1) is 0 Å². The predicted octanol–water partition coefficient (Wildman–Crippen LogP) is 3.40. The molecule has 0 aromatic heterocycles. The smallest absolute Gasteiger partial charge is 0.319 e. The summed E-state index contributed by atoms with van der Waals surface area (Å²) in [6.45, 7) is 1.13. The molecule has 24 heavy (non-hydrogen) atoms. The van der Waals surface area contributed by atoms with Gasteiger partial charge in [-0.25, -0.2) is 4.79 Å². The third-order valence-corrected chi connectivity index (χ3v) is 6.32. The molecule has 1 aromatic rings. The van der Waals surface area contributed by atoms with Gasteiger partial charge in [-0.05, 0) is 67.9 Å². The second-order valence-corrected chi connectivity index (χ2v) is 7.91. The Balaban J connectivity index is 1.25. The first-order valence-corrected chi connectivity index (χ1v) is 9.22. The number of ether oxygens (including phenoxy) is 2. The standard InChI is InChI=1S/C19H24N2O3/c22-19(20-15-1-2-16-17(10-15)24-4-3-23-16)21-18-13-6-11-5-12(8-13)9-14(18)7-11/h1-2,10-14,18H,3-9H2,(H2,20,21,22). The van der Waals surface area contributed by atoms with E-state index < -0.39 is 0 Å². The van der Waals surface area contributed by atoms with Crippen LogP contribution in [0.4, 0.5) is 10.5 Å². The van der Waals surface area contributed by atoms with Gasteiger partial charge in [-0.3, -0.25) is 0 Å². The Kier molecular flexibility index (Phi) is 3.35. The number of carbonyl (C=O) groups is 1. The van der Waals surface area contributed by atoms with E-state index in [1.54, 1.807) is 0 Å². The third-order valence-electron chi connectivity index (χ3n) is 6.32. The zero-order chi connectivity index (χ0) is 16.1. The van der Waals surface area contributed by atoms with Crippen LogP contribution in [0.1, 0.15) is 32.1 Å². The zero-order valence-corrected chi connectivity index (χ0v) is 13.8. The molecule has 1 aromatic carbocycles. The number of rotatable bonds is 2. The minimum Gasteiger partial charge on any atom is -0.486 e. The van der Waals surface area contributed by atoms with Crippen molar-refractivity contribution in [3.8, 4) is 11.5 Å². The SMILES string of the molecule is O=C(Nc1ccc2c(c1)OCCO2)NC1C2CC3CC(C2)CC1C3. The fourth-order valence-electron chi connectivity index (χ4n) is 5.60.